The Morgan fingerprint density at radius 2 is 1.76 bits per heavy atom. The molecule has 1 amide bonds. The van der Waals surface area contributed by atoms with E-state index in [4.69, 9.17) is 22.6 Å². The van der Waals surface area contributed by atoms with E-state index in [1.165, 1.54) is 11.9 Å². The predicted octanol–water partition coefficient (Wildman–Crippen LogP) is 1.46. The summed E-state index contributed by atoms with van der Waals surface area (Å²) in [7, 11) is -3.14. The normalized spacial score (nSPS) is 10.1. The molecule has 0 saturated carbocycles. The quantitative estimate of drug-likeness (QED) is 0.660. The van der Waals surface area contributed by atoms with Crippen molar-refractivity contribution >= 4 is 22.2 Å². The van der Waals surface area contributed by atoms with Gasteiger partial charge >= 0.3 is 16.5 Å². The van der Waals surface area contributed by atoms with Crippen LogP contribution in [-0.2, 0) is 10.4 Å². The fraction of sp³-hybridized carbons (Fsp3) is 0.222. The molecule has 0 aliphatic rings. The zero-order valence-electron chi connectivity index (χ0n) is 9.23. The van der Waals surface area contributed by atoms with Gasteiger partial charge in [-0.25, -0.2) is 4.79 Å². The molecule has 96 valence electrons. The highest BCUT2D eigenvalue weighted by molar-refractivity contribution is 7.79. The Kier molecular flexibility index (Phi) is 5.59. The van der Waals surface area contributed by atoms with Crippen molar-refractivity contribution in [3.63, 3.8) is 0 Å². The maximum Gasteiger partial charge on any atom is 0.411 e. The molecule has 8 heteroatoms. The van der Waals surface area contributed by atoms with Crippen LogP contribution in [-0.4, -0.2) is 35.8 Å². The van der Waals surface area contributed by atoms with Gasteiger partial charge in [-0.05, 0) is 24.6 Å². The summed E-state index contributed by atoms with van der Waals surface area (Å²) < 4.78 is 31.6. The summed E-state index contributed by atoms with van der Waals surface area (Å²) >= 11 is 0. The van der Waals surface area contributed by atoms with Crippen molar-refractivity contribution in [3.05, 3.63) is 29.8 Å². The second kappa shape index (κ2) is 6.18. The second-order valence-corrected chi connectivity index (χ2v) is 4.02. The number of benzene rings is 1. The monoisotopic (exact) mass is 263 g/mol. The van der Waals surface area contributed by atoms with Gasteiger partial charge in [0, 0.05) is 12.7 Å². The zero-order valence-corrected chi connectivity index (χ0v) is 10.0. The van der Waals surface area contributed by atoms with Crippen LogP contribution in [0.15, 0.2) is 24.3 Å². The summed E-state index contributed by atoms with van der Waals surface area (Å²) in [5, 5.41) is 8.65. The average Bonchev–Trinajstić information content (AvgIpc) is 2.13. The Balaban J connectivity index is 0.000000437. The summed E-state index contributed by atoms with van der Waals surface area (Å²) in [5.74, 6) is 0. The molecular weight excluding hydrogens is 250 g/mol. The highest BCUT2D eigenvalue weighted by atomic mass is 32.3. The number of aryl methyl sites for hydroxylation is 1. The van der Waals surface area contributed by atoms with Crippen LogP contribution >= 0.6 is 0 Å². The first kappa shape index (κ1) is 15.4. The smallest absolute Gasteiger partial charge is 0.411 e. The molecular formula is C9H13NO6S. The van der Waals surface area contributed by atoms with Crippen LogP contribution in [0.4, 0.5) is 10.5 Å². The van der Waals surface area contributed by atoms with E-state index in [1.807, 2.05) is 25.1 Å². The van der Waals surface area contributed by atoms with E-state index >= 15 is 0 Å². The highest BCUT2D eigenvalue weighted by Gasteiger charge is 2.06. The van der Waals surface area contributed by atoms with Crippen molar-refractivity contribution in [1.29, 1.82) is 0 Å². The lowest BCUT2D eigenvalue weighted by molar-refractivity contribution is 0.203. The largest absolute Gasteiger partial charge is 0.465 e. The van der Waals surface area contributed by atoms with Gasteiger partial charge in [-0.15, -0.1) is 0 Å². The topological polar surface area (TPSA) is 115 Å². The van der Waals surface area contributed by atoms with Crippen LogP contribution < -0.4 is 4.90 Å². The number of rotatable bonds is 1. The molecule has 0 aliphatic heterocycles. The van der Waals surface area contributed by atoms with Crippen LogP contribution in [0.1, 0.15) is 5.56 Å². The fourth-order valence-corrected chi connectivity index (χ4v) is 0.947. The molecule has 0 aliphatic carbocycles. The molecule has 0 bridgehead atoms. The predicted molar refractivity (Wildman–Crippen MR) is 61.8 cm³/mol. The minimum absolute atomic E-state index is 0.697. The fourth-order valence-electron chi connectivity index (χ4n) is 0.947. The number of nitrogens with zero attached hydrogens (tertiary/aromatic N) is 1. The van der Waals surface area contributed by atoms with Crippen molar-refractivity contribution in [2.75, 3.05) is 11.9 Å². The average molecular weight is 263 g/mol. The number of hydrogen-bond acceptors (Lipinski definition) is 3. The minimum atomic E-state index is -4.67. The van der Waals surface area contributed by atoms with E-state index in [9.17, 15) is 4.79 Å². The zero-order chi connectivity index (χ0) is 13.6. The van der Waals surface area contributed by atoms with E-state index in [0.29, 0.717) is 5.69 Å². The van der Waals surface area contributed by atoms with Gasteiger partial charge in [-0.3, -0.25) is 14.0 Å². The lowest BCUT2D eigenvalue weighted by Gasteiger charge is -2.12. The summed E-state index contributed by atoms with van der Waals surface area (Å²) in [6, 6.07) is 7.36. The minimum Gasteiger partial charge on any atom is -0.465 e. The molecule has 0 saturated heterocycles. The van der Waals surface area contributed by atoms with Gasteiger partial charge in [0.1, 0.15) is 0 Å². The van der Waals surface area contributed by atoms with E-state index in [2.05, 4.69) is 0 Å². The van der Waals surface area contributed by atoms with E-state index in [0.717, 1.165) is 5.56 Å². The molecule has 0 fully saturated rings. The lowest BCUT2D eigenvalue weighted by atomic mass is 10.2. The molecule has 1 aromatic rings. The summed E-state index contributed by atoms with van der Waals surface area (Å²) in [5.41, 5.74) is 1.75. The van der Waals surface area contributed by atoms with Crippen molar-refractivity contribution in [2.45, 2.75) is 6.92 Å². The Bertz CT molecular complexity index is 476. The Morgan fingerprint density at radius 3 is 2.12 bits per heavy atom. The SMILES string of the molecule is Cc1cccc(N(C)C(=O)O)c1.O=S(=O)(O)O. The number of carboxylic acid groups (broad SMARTS) is 1. The second-order valence-electron chi connectivity index (χ2n) is 3.13. The molecule has 0 unspecified atom stereocenters. The Morgan fingerprint density at radius 1 is 1.29 bits per heavy atom. The molecule has 1 aromatic carbocycles. The van der Waals surface area contributed by atoms with Crippen molar-refractivity contribution < 1.29 is 27.4 Å². The molecule has 7 nitrogen and oxygen atoms in total. The molecule has 1 rings (SSSR count). The lowest BCUT2D eigenvalue weighted by Crippen LogP contribution is -2.23. The maximum absolute atomic E-state index is 10.5. The van der Waals surface area contributed by atoms with Crippen LogP contribution in [0.2, 0.25) is 0 Å². The summed E-state index contributed by atoms with van der Waals surface area (Å²) in [4.78, 5) is 11.7. The number of anilines is 1. The van der Waals surface area contributed by atoms with Crippen LogP contribution in [0.3, 0.4) is 0 Å². The molecule has 0 heterocycles. The highest BCUT2D eigenvalue weighted by Crippen LogP contribution is 2.13. The molecule has 0 aromatic heterocycles. The van der Waals surface area contributed by atoms with Gasteiger partial charge in [-0.1, -0.05) is 12.1 Å². The third-order valence-corrected chi connectivity index (χ3v) is 1.68. The standard InChI is InChI=1S/C9H11NO2.H2O4S/c1-7-4-3-5-8(6-7)10(2)9(11)12;1-5(2,3)4/h3-6H,1-2H3,(H,11,12);(H2,1,2,3,4). The van der Waals surface area contributed by atoms with Crippen molar-refractivity contribution in [3.8, 4) is 0 Å². The summed E-state index contributed by atoms with van der Waals surface area (Å²) in [6.07, 6.45) is -0.944. The van der Waals surface area contributed by atoms with Crippen LogP contribution in [0.5, 0.6) is 0 Å². The van der Waals surface area contributed by atoms with Crippen LogP contribution in [0, 0.1) is 6.92 Å². The Hall–Kier alpha value is -1.64. The van der Waals surface area contributed by atoms with Gasteiger partial charge in [0.25, 0.3) is 0 Å². The van der Waals surface area contributed by atoms with Gasteiger partial charge in [0.2, 0.25) is 0 Å². The molecule has 3 N–H and O–H groups in total. The van der Waals surface area contributed by atoms with Gasteiger partial charge in [0.15, 0.2) is 0 Å². The Labute approximate surface area is 98.9 Å². The first-order valence-electron chi connectivity index (χ1n) is 4.34. The van der Waals surface area contributed by atoms with Crippen molar-refractivity contribution in [1.82, 2.24) is 0 Å². The van der Waals surface area contributed by atoms with Gasteiger partial charge in [-0.2, -0.15) is 8.42 Å². The first-order valence-corrected chi connectivity index (χ1v) is 5.74. The van der Waals surface area contributed by atoms with Crippen LogP contribution in [0.25, 0.3) is 0 Å². The van der Waals surface area contributed by atoms with E-state index < -0.39 is 16.5 Å². The number of amides is 1. The van der Waals surface area contributed by atoms with Gasteiger partial charge < -0.3 is 5.11 Å². The first-order chi connectivity index (χ1) is 7.61. The van der Waals surface area contributed by atoms with Gasteiger partial charge in [0.05, 0.1) is 0 Å². The summed E-state index contributed by atoms with van der Waals surface area (Å²) in [6.45, 7) is 1.93. The molecule has 0 atom stereocenters. The molecule has 17 heavy (non-hydrogen) atoms. The molecule has 0 spiro atoms. The number of hydrogen-bond donors (Lipinski definition) is 3. The van der Waals surface area contributed by atoms with E-state index in [1.54, 1.807) is 6.07 Å². The third kappa shape index (κ3) is 8.20. The van der Waals surface area contributed by atoms with Crippen molar-refractivity contribution in [2.24, 2.45) is 0 Å². The maximum atomic E-state index is 10.5. The molecule has 0 radical (unpaired) electrons. The third-order valence-electron chi connectivity index (χ3n) is 1.68. The number of carbonyl (C=O) groups is 1. The van der Waals surface area contributed by atoms with E-state index in [-0.39, 0.29) is 0 Å².